The van der Waals surface area contributed by atoms with Gasteiger partial charge in [0.15, 0.2) is 0 Å². The van der Waals surface area contributed by atoms with Crippen LogP contribution in [0.3, 0.4) is 0 Å². The number of benzene rings is 2. The molecule has 0 radical (unpaired) electrons. The molecule has 8 heteroatoms. The molecular weight excluding hydrogens is 368 g/mol. The number of hydrogen-bond donors (Lipinski definition) is 1. The normalized spacial score (nSPS) is 14.0. The number of methoxy groups -OCH3 is 1. The van der Waals surface area contributed by atoms with Crippen molar-refractivity contribution in [3.63, 3.8) is 0 Å². The van der Waals surface area contributed by atoms with E-state index in [4.69, 9.17) is 0 Å². The topological polar surface area (TPSA) is 92.8 Å². The average Bonchev–Trinajstić information content (AvgIpc) is 3.21. The van der Waals surface area contributed by atoms with Crippen molar-refractivity contribution in [1.82, 2.24) is 4.90 Å². The van der Waals surface area contributed by atoms with Gasteiger partial charge >= 0.3 is 5.97 Å². The smallest absolute Gasteiger partial charge is 0.337 e. The lowest BCUT2D eigenvalue weighted by molar-refractivity contribution is 0.0600. The Labute approximate surface area is 158 Å². The number of rotatable bonds is 5. The first-order chi connectivity index (χ1) is 12.9. The van der Waals surface area contributed by atoms with Crippen LogP contribution in [-0.2, 0) is 14.8 Å². The van der Waals surface area contributed by atoms with Gasteiger partial charge in [0, 0.05) is 24.3 Å². The predicted molar refractivity (Wildman–Crippen MR) is 100 cm³/mol. The minimum Gasteiger partial charge on any atom is -0.465 e. The van der Waals surface area contributed by atoms with E-state index in [2.05, 4.69) is 9.46 Å². The SMILES string of the molecule is COC(=O)c1cccc(S(=O)(=O)Nc2cccc(C(=O)N3CCCC3)c2)c1. The van der Waals surface area contributed by atoms with Crippen LogP contribution in [0.4, 0.5) is 5.69 Å². The predicted octanol–water partition coefficient (Wildman–Crippen LogP) is 2.51. The first kappa shape index (κ1) is 18.9. The van der Waals surface area contributed by atoms with E-state index in [-0.39, 0.29) is 22.1 Å². The summed E-state index contributed by atoms with van der Waals surface area (Å²) in [5, 5.41) is 0. The fourth-order valence-corrected chi connectivity index (χ4v) is 4.04. The molecule has 0 aromatic heterocycles. The number of anilines is 1. The molecule has 142 valence electrons. The Morgan fingerprint density at radius 2 is 1.67 bits per heavy atom. The van der Waals surface area contributed by atoms with Crippen molar-refractivity contribution in [3.8, 4) is 0 Å². The van der Waals surface area contributed by atoms with Crippen LogP contribution in [0.25, 0.3) is 0 Å². The lowest BCUT2D eigenvalue weighted by atomic mass is 10.2. The number of nitrogens with zero attached hydrogens (tertiary/aromatic N) is 1. The number of hydrogen-bond acceptors (Lipinski definition) is 5. The van der Waals surface area contributed by atoms with E-state index in [0.717, 1.165) is 25.9 Å². The lowest BCUT2D eigenvalue weighted by Crippen LogP contribution is -2.27. The molecule has 2 aromatic rings. The van der Waals surface area contributed by atoms with Crippen molar-refractivity contribution in [2.45, 2.75) is 17.7 Å². The second kappa shape index (κ2) is 7.79. The molecule has 1 amide bonds. The van der Waals surface area contributed by atoms with Crippen molar-refractivity contribution in [2.24, 2.45) is 0 Å². The molecule has 3 rings (SSSR count). The number of carbonyl (C=O) groups excluding carboxylic acids is 2. The van der Waals surface area contributed by atoms with E-state index in [1.54, 1.807) is 23.1 Å². The minimum atomic E-state index is -3.92. The first-order valence-electron chi connectivity index (χ1n) is 8.51. The molecule has 0 atom stereocenters. The van der Waals surface area contributed by atoms with Gasteiger partial charge in [0.05, 0.1) is 17.6 Å². The summed E-state index contributed by atoms with van der Waals surface area (Å²) in [5.74, 6) is -0.730. The molecule has 1 fully saturated rings. The number of ether oxygens (including phenoxy) is 1. The maximum absolute atomic E-state index is 12.6. The van der Waals surface area contributed by atoms with Crippen molar-refractivity contribution in [2.75, 3.05) is 24.9 Å². The van der Waals surface area contributed by atoms with Crippen LogP contribution in [0.15, 0.2) is 53.4 Å². The largest absolute Gasteiger partial charge is 0.465 e. The van der Waals surface area contributed by atoms with Gasteiger partial charge < -0.3 is 9.64 Å². The number of amides is 1. The Kier molecular flexibility index (Phi) is 5.46. The van der Waals surface area contributed by atoms with Crippen LogP contribution in [0.1, 0.15) is 33.6 Å². The molecule has 1 saturated heterocycles. The van der Waals surface area contributed by atoms with E-state index >= 15 is 0 Å². The highest BCUT2D eigenvalue weighted by atomic mass is 32.2. The zero-order valence-electron chi connectivity index (χ0n) is 14.8. The Hall–Kier alpha value is -2.87. The van der Waals surface area contributed by atoms with E-state index < -0.39 is 16.0 Å². The molecule has 0 saturated carbocycles. The van der Waals surface area contributed by atoms with Gasteiger partial charge in [-0.05, 0) is 49.2 Å². The van der Waals surface area contributed by atoms with Gasteiger partial charge in [0.25, 0.3) is 15.9 Å². The summed E-state index contributed by atoms with van der Waals surface area (Å²) >= 11 is 0. The number of nitrogens with one attached hydrogen (secondary N) is 1. The van der Waals surface area contributed by atoms with Crippen LogP contribution in [0, 0.1) is 0 Å². The van der Waals surface area contributed by atoms with Gasteiger partial charge in [-0.1, -0.05) is 12.1 Å². The Morgan fingerprint density at radius 1 is 1.00 bits per heavy atom. The molecule has 7 nitrogen and oxygen atoms in total. The zero-order valence-corrected chi connectivity index (χ0v) is 15.7. The maximum Gasteiger partial charge on any atom is 0.337 e. The van der Waals surface area contributed by atoms with Gasteiger partial charge in [-0.2, -0.15) is 0 Å². The summed E-state index contributed by atoms with van der Waals surface area (Å²) in [6.07, 6.45) is 1.96. The third-order valence-electron chi connectivity index (χ3n) is 4.32. The monoisotopic (exact) mass is 388 g/mol. The standard InChI is InChI=1S/C19H20N2O5S/c1-26-19(23)15-7-5-9-17(13-15)27(24,25)20-16-8-4-6-14(12-16)18(22)21-10-2-3-11-21/h4-9,12-13,20H,2-3,10-11H2,1H3. The van der Waals surface area contributed by atoms with Crippen molar-refractivity contribution >= 4 is 27.6 Å². The van der Waals surface area contributed by atoms with Gasteiger partial charge in [-0.15, -0.1) is 0 Å². The number of likely N-dealkylation sites (tertiary alicyclic amines) is 1. The number of esters is 1. The molecule has 2 aromatic carbocycles. The Morgan fingerprint density at radius 3 is 2.37 bits per heavy atom. The van der Waals surface area contributed by atoms with E-state index in [0.29, 0.717) is 5.56 Å². The quantitative estimate of drug-likeness (QED) is 0.795. The van der Waals surface area contributed by atoms with E-state index in [9.17, 15) is 18.0 Å². The van der Waals surface area contributed by atoms with Gasteiger partial charge in [-0.3, -0.25) is 9.52 Å². The molecule has 0 unspecified atom stereocenters. The number of carbonyl (C=O) groups is 2. The third kappa shape index (κ3) is 4.28. The van der Waals surface area contributed by atoms with Gasteiger partial charge in [0.1, 0.15) is 0 Å². The van der Waals surface area contributed by atoms with E-state index in [1.807, 2.05) is 0 Å². The maximum atomic E-state index is 12.6. The Balaban J connectivity index is 1.83. The van der Waals surface area contributed by atoms with Crippen LogP contribution < -0.4 is 4.72 Å². The van der Waals surface area contributed by atoms with Crippen molar-refractivity contribution in [1.29, 1.82) is 0 Å². The molecule has 1 aliphatic heterocycles. The molecule has 1 heterocycles. The van der Waals surface area contributed by atoms with Crippen molar-refractivity contribution < 1.29 is 22.7 Å². The highest BCUT2D eigenvalue weighted by Gasteiger charge is 2.21. The highest BCUT2D eigenvalue weighted by molar-refractivity contribution is 7.92. The van der Waals surface area contributed by atoms with Gasteiger partial charge in [-0.25, -0.2) is 13.2 Å². The third-order valence-corrected chi connectivity index (χ3v) is 5.70. The molecule has 0 bridgehead atoms. The van der Waals surface area contributed by atoms with Crippen LogP contribution in [0.2, 0.25) is 0 Å². The van der Waals surface area contributed by atoms with Crippen molar-refractivity contribution in [3.05, 3.63) is 59.7 Å². The van der Waals surface area contributed by atoms with Gasteiger partial charge in [0.2, 0.25) is 0 Å². The first-order valence-corrected chi connectivity index (χ1v) is 9.99. The molecule has 27 heavy (non-hydrogen) atoms. The Bertz CT molecular complexity index is 966. The molecule has 0 aliphatic carbocycles. The summed E-state index contributed by atoms with van der Waals surface area (Å²) in [7, 11) is -2.69. The second-order valence-electron chi connectivity index (χ2n) is 6.21. The van der Waals surface area contributed by atoms with Crippen LogP contribution in [-0.4, -0.2) is 45.4 Å². The second-order valence-corrected chi connectivity index (χ2v) is 7.89. The fourth-order valence-electron chi connectivity index (χ4n) is 2.94. The minimum absolute atomic E-state index is 0.0679. The summed E-state index contributed by atoms with van der Waals surface area (Å²) in [5.41, 5.74) is 0.849. The summed E-state index contributed by atoms with van der Waals surface area (Å²) in [6.45, 7) is 1.43. The number of sulfonamides is 1. The molecule has 1 aliphatic rings. The molecule has 0 spiro atoms. The zero-order chi connectivity index (χ0) is 19.4. The fraction of sp³-hybridized carbons (Fsp3) is 0.263. The average molecular weight is 388 g/mol. The molecular formula is C19H20N2O5S. The summed E-state index contributed by atoms with van der Waals surface area (Å²) < 4.78 is 32.4. The highest BCUT2D eigenvalue weighted by Crippen LogP contribution is 2.20. The lowest BCUT2D eigenvalue weighted by Gasteiger charge is -2.16. The van der Waals surface area contributed by atoms with Crippen LogP contribution >= 0.6 is 0 Å². The van der Waals surface area contributed by atoms with E-state index in [1.165, 1.54) is 37.4 Å². The summed E-state index contributed by atoms with van der Waals surface area (Å²) in [6, 6.07) is 11.9. The summed E-state index contributed by atoms with van der Waals surface area (Å²) in [4.78, 5) is 25.8. The molecule has 1 N–H and O–H groups in total. The van der Waals surface area contributed by atoms with Crippen LogP contribution in [0.5, 0.6) is 0 Å².